The van der Waals surface area contributed by atoms with E-state index < -0.39 is 4.92 Å². The number of hydrogen-bond donors (Lipinski definition) is 0. The first-order chi connectivity index (χ1) is 9.10. The van der Waals surface area contributed by atoms with Crippen molar-refractivity contribution >= 4 is 29.4 Å². The van der Waals surface area contributed by atoms with E-state index in [4.69, 9.17) is 20.8 Å². The molecular weight excluding hydrogens is 272 g/mol. The Bertz CT molecular complexity index is 636. The summed E-state index contributed by atoms with van der Waals surface area (Å²) in [6.45, 7) is 0. The third-order valence-electron chi connectivity index (χ3n) is 2.27. The van der Waals surface area contributed by atoms with Gasteiger partial charge in [-0.3, -0.25) is 15.1 Å². The highest BCUT2D eigenvalue weighted by molar-refractivity contribution is 6.32. The molecule has 0 saturated carbocycles. The van der Waals surface area contributed by atoms with Crippen LogP contribution in [0.3, 0.4) is 0 Å². The molecule has 98 valence electrons. The van der Waals surface area contributed by atoms with Gasteiger partial charge in [0.05, 0.1) is 30.1 Å². The highest BCUT2D eigenvalue weighted by Crippen LogP contribution is 2.28. The standard InChI is InChI=1S/C12H9ClN2O4/c1-18-11-4-2-8(6-10(11)13)14-7-9-3-5-12(19-9)15(16)17/h2-7H,1H3. The Labute approximate surface area is 113 Å². The minimum atomic E-state index is -0.610. The maximum absolute atomic E-state index is 10.4. The minimum Gasteiger partial charge on any atom is -0.495 e. The van der Waals surface area contributed by atoms with E-state index in [0.29, 0.717) is 22.2 Å². The van der Waals surface area contributed by atoms with Gasteiger partial charge in [0.25, 0.3) is 0 Å². The smallest absolute Gasteiger partial charge is 0.433 e. The first kappa shape index (κ1) is 13.1. The molecule has 0 fully saturated rings. The molecule has 0 saturated heterocycles. The Morgan fingerprint density at radius 1 is 1.42 bits per heavy atom. The van der Waals surface area contributed by atoms with Crippen LogP contribution in [0, 0.1) is 10.1 Å². The second-order valence-electron chi connectivity index (χ2n) is 3.51. The summed E-state index contributed by atoms with van der Waals surface area (Å²) in [5.74, 6) is 0.516. The lowest BCUT2D eigenvalue weighted by Gasteiger charge is -2.02. The van der Waals surface area contributed by atoms with Crippen LogP contribution in [0.2, 0.25) is 5.02 Å². The van der Waals surface area contributed by atoms with Gasteiger partial charge in [-0.25, -0.2) is 0 Å². The molecule has 0 amide bonds. The van der Waals surface area contributed by atoms with Gasteiger partial charge in [0.1, 0.15) is 10.7 Å². The molecule has 0 aliphatic rings. The maximum Gasteiger partial charge on any atom is 0.433 e. The number of nitro groups is 1. The largest absolute Gasteiger partial charge is 0.495 e. The maximum atomic E-state index is 10.4. The molecule has 6 nitrogen and oxygen atoms in total. The first-order valence-corrected chi connectivity index (χ1v) is 5.60. The Hall–Kier alpha value is -2.34. The Morgan fingerprint density at radius 3 is 2.79 bits per heavy atom. The Balaban J connectivity index is 2.17. The highest BCUT2D eigenvalue weighted by atomic mass is 35.5. The van der Waals surface area contributed by atoms with Crippen molar-refractivity contribution in [2.75, 3.05) is 7.11 Å². The molecule has 0 unspecified atom stereocenters. The fourth-order valence-electron chi connectivity index (χ4n) is 1.38. The zero-order valence-corrected chi connectivity index (χ0v) is 10.6. The number of nitrogens with zero attached hydrogens (tertiary/aromatic N) is 2. The normalized spacial score (nSPS) is 10.8. The van der Waals surface area contributed by atoms with E-state index >= 15 is 0 Å². The third kappa shape index (κ3) is 3.11. The lowest BCUT2D eigenvalue weighted by Crippen LogP contribution is -1.83. The predicted octanol–water partition coefficient (Wildman–Crippen LogP) is 3.60. The van der Waals surface area contributed by atoms with Gasteiger partial charge in [-0.1, -0.05) is 11.6 Å². The van der Waals surface area contributed by atoms with Crippen molar-refractivity contribution in [2.45, 2.75) is 0 Å². The van der Waals surface area contributed by atoms with Gasteiger partial charge in [0, 0.05) is 0 Å². The van der Waals surface area contributed by atoms with Crippen molar-refractivity contribution in [2.24, 2.45) is 4.99 Å². The van der Waals surface area contributed by atoms with Crippen LogP contribution in [0.1, 0.15) is 5.76 Å². The van der Waals surface area contributed by atoms with E-state index in [9.17, 15) is 10.1 Å². The number of hydrogen-bond acceptors (Lipinski definition) is 5. The molecule has 2 rings (SSSR count). The molecule has 0 aliphatic heterocycles. The second-order valence-corrected chi connectivity index (χ2v) is 3.92. The van der Waals surface area contributed by atoms with Gasteiger partial charge in [0.2, 0.25) is 0 Å². The van der Waals surface area contributed by atoms with Crippen LogP contribution < -0.4 is 4.74 Å². The lowest BCUT2D eigenvalue weighted by atomic mass is 10.3. The van der Waals surface area contributed by atoms with Crippen LogP contribution in [0.5, 0.6) is 5.75 Å². The van der Waals surface area contributed by atoms with Crippen molar-refractivity contribution in [3.05, 3.63) is 51.2 Å². The van der Waals surface area contributed by atoms with Crippen LogP contribution in [0.25, 0.3) is 0 Å². The molecule has 1 aromatic heterocycles. The lowest BCUT2D eigenvalue weighted by molar-refractivity contribution is -0.402. The van der Waals surface area contributed by atoms with Gasteiger partial charge in [-0.15, -0.1) is 0 Å². The van der Waals surface area contributed by atoms with Crippen molar-refractivity contribution in [3.63, 3.8) is 0 Å². The summed E-state index contributed by atoms with van der Waals surface area (Å²) in [6.07, 6.45) is 1.38. The predicted molar refractivity (Wildman–Crippen MR) is 70.6 cm³/mol. The quantitative estimate of drug-likeness (QED) is 0.487. The van der Waals surface area contributed by atoms with Crippen LogP contribution in [-0.2, 0) is 0 Å². The number of ether oxygens (including phenoxy) is 1. The molecule has 0 aliphatic carbocycles. The van der Waals surface area contributed by atoms with E-state index in [1.54, 1.807) is 18.2 Å². The van der Waals surface area contributed by atoms with E-state index in [-0.39, 0.29) is 5.88 Å². The second kappa shape index (κ2) is 5.53. The van der Waals surface area contributed by atoms with E-state index in [0.717, 1.165) is 0 Å². The topological polar surface area (TPSA) is 77.9 Å². The summed E-state index contributed by atoms with van der Waals surface area (Å²) in [7, 11) is 1.52. The molecule has 0 atom stereocenters. The molecule has 0 N–H and O–H groups in total. The van der Waals surface area contributed by atoms with Gasteiger partial charge < -0.3 is 9.15 Å². The third-order valence-corrected chi connectivity index (χ3v) is 2.56. The van der Waals surface area contributed by atoms with Gasteiger partial charge >= 0.3 is 5.88 Å². The summed E-state index contributed by atoms with van der Waals surface area (Å²) in [4.78, 5) is 13.9. The Kier molecular flexibility index (Phi) is 3.82. The zero-order valence-electron chi connectivity index (χ0n) is 9.87. The van der Waals surface area contributed by atoms with Gasteiger partial charge in [0.15, 0.2) is 5.76 Å². The minimum absolute atomic E-state index is 0.290. The molecular formula is C12H9ClN2O4. The number of halogens is 1. The first-order valence-electron chi connectivity index (χ1n) is 5.22. The summed E-state index contributed by atoms with van der Waals surface area (Å²) in [6, 6.07) is 7.74. The molecule has 1 heterocycles. The molecule has 7 heteroatoms. The van der Waals surface area contributed by atoms with Crippen molar-refractivity contribution in [1.29, 1.82) is 0 Å². The number of rotatable bonds is 4. The number of furan rings is 1. The fourth-order valence-corrected chi connectivity index (χ4v) is 1.64. The molecule has 1 aromatic carbocycles. The van der Waals surface area contributed by atoms with Crippen molar-refractivity contribution < 1.29 is 14.1 Å². The fraction of sp³-hybridized carbons (Fsp3) is 0.0833. The Morgan fingerprint density at radius 2 is 2.21 bits per heavy atom. The van der Waals surface area contributed by atoms with Crippen LogP contribution in [-0.4, -0.2) is 18.2 Å². The number of aliphatic imine (C=N–C) groups is 1. The van der Waals surface area contributed by atoms with Crippen molar-refractivity contribution in [1.82, 2.24) is 0 Å². The molecule has 0 radical (unpaired) electrons. The zero-order chi connectivity index (χ0) is 13.8. The molecule has 19 heavy (non-hydrogen) atoms. The summed E-state index contributed by atoms with van der Waals surface area (Å²) in [5.41, 5.74) is 0.588. The monoisotopic (exact) mass is 280 g/mol. The molecule has 0 spiro atoms. The van der Waals surface area contributed by atoms with E-state index in [1.807, 2.05) is 0 Å². The molecule has 0 bridgehead atoms. The van der Waals surface area contributed by atoms with E-state index in [1.165, 1.54) is 25.5 Å². The average molecular weight is 281 g/mol. The van der Waals surface area contributed by atoms with Crippen LogP contribution in [0.15, 0.2) is 39.7 Å². The average Bonchev–Trinajstić information content (AvgIpc) is 2.85. The number of benzene rings is 1. The van der Waals surface area contributed by atoms with Crippen LogP contribution >= 0.6 is 11.6 Å². The number of methoxy groups -OCH3 is 1. The van der Waals surface area contributed by atoms with E-state index in [2.05, 4.69) is 4.99 Å². The molecule has 2 aromatic rings. The highest BCUT2D eigenvalue weighted by Gasteiger charge is 2.10. The summed E-state index contributed by atoms with van der Waals surface area (Å²) < 4.78 is 9.95. The summed E-state index contributed by atoms with van der Waals surface area (Å²) >= 11 is 5.95. The van der Waals surface area contributed by atoms with Crippen LogP contribution in [0.4, 0.5) is 11.6 Å². The van der Waals surface area contributed by atoms with Gasteiger partial charge in [-0.2, -0.15) is 0 Å². The summed E-state index contributed by atoms with van der Waals surface area (Å²) in [5, 5.41) is 10.9. The van der Waals surface area contributed by atoms with Crippen molar-refractivity contribution in [3.8, 4) is 5.75 Å². The van der Waals surface area contributed by atoms with Gasteiger partial charge in [-0.05, 0) is 24.3 Å². The SMILES string of the molecule is COc1ccc(N=Cc2ccc([N+](=O)[O-])o2)cc1Cl.